The molecule has 205 valence electrons. The number of carbonyl (C=O) groups is 5. The number of hydrogen-bond acceptors (Lipinski definition) is 9. The minimum atomic E-state index is -1.01. The quantitative estimate of drug-likeness (QED) is 0.268. The number of carboxylic acids is 3. The zero-order chi connectivity index (χ0) is 26.9. The van der Waals surface area contributed by atoms with Gasteiger partial charge in [-0.15, -0.1) is 0 Å². The van der Waals surface area contributed by atoms with Crippen molar-refractivity contribution in [2.75, 3.05) is 85.1 Å². The Hall–Kier alpha value is -2.52. The van der Waals surface area contributed by atoms with Crippen LogP contribution >= 0.6 is 0 Å². The Morgan fingerprint density at radius 1 is 0.579 bits per heavy atom. The third-order valence-corrected chi connectivity index (χ3v) is 6.52. The van der Waals surface area contributed by atoms with Crippen LogP contribution in [-0.4, -0.2) is 180 Å². The monoisotopic (exact) mass is 630 g/mol. The van der Waals surface area contributed by atoms with E-state index in [2.05, 4.69) is 0 Å². The van der Waals surface area contributed by atoms with Crippen LogP contribution in [0.5, 0.6) is 0 Å². The molecular weight excluding hydrogens is 597 g/mol. The molecule has 1 fully saturated rings. The van der Waals surface area contributed by atoms with Crippen molar-refractivity contribution in [3.05, 3.63) is 35.4 Å². The van der Waals surface area contributed by atoms with Gasteiger partial charge < -0.3 is 15.3 Å². The van der Waals surface area contributed by atoms with Gasteiger partial charge in [0.1, 0.15) is 0 Å². The van der Waals surface area contributed by atoms with Crippen LogP contribution in [0.25, 0.3) is 0 Å². The van der Waals surface area contributed by atoms with E-state index in [0.717, 1.165) is 0 Å². The summed E-state index contributed by atoms with van der Waals surface area (Å²) in [5.74, 6) is -3.72. The van der Waals surface area contributed by atoms with Gasteiger partial charge in [0.2, 0.25) is 0 Å². The third-order valence-electron chi connectivity index (χ3n) is 6.52. The first-order chi connectivity index (χ1) is 17.6. The van der Waals surface area contributed by atoms with E-state index in [4.69, 9.17) is 0 Å². The molecular formula is C24H33InN5O8. The van der Waals surface area contributed by atoms with Crippen LogP contribution < -0.4 is 0 Å². The van der Waals surface area contributed by atoms with Gasteiger partial charge >= 0.3 is 17.9 Å². The zero-order valence-corrected chi connectivity index (χ0v) is 24.5. The molecule has 0 unspecified atom stereocenters. The number of imide groups is 1. The van der Waals surface area contributed by atoms with Gasteiger partial charge in [-0.2, -0.15) is 0 Å². The molecule has 38 heavy (non-hydrogen) atoms. The second kappa shape index (κ2) is 15.2. The largest absolute Gasteiger partial charge is 0.480 e. The predicted molar refractivity (Wildman–Crippen MR) is 136 cm³/mol. The Bertz CT molecular complexity index is 958. The number of carbonyl (C=O) groups excluding carboxylic acids is 2. The molecule has 2 aliphatic rings. The maximum absolute atomic E-state index is 12.7. The van der Waals surface area contributed by atoms with Gasteiger partial charge in [-0.25, -0.2) is 0 Å². The van der Waals surface area contributed by atoms with Gasteiger partial charge in [-0.05, 0) is 12.1 Å². The molecule has 1 saturated heterocycles. The van der Waals surface area contributed by atoms with Crippen molar-refractivity contribution in [1.29, 1.82) is 0 Å². The molecule has 3 rings (SSSR count). The Balaban J connectivity index is 0.00000507. The summed E-state index contributed by atoms with van der Waals surface area (Å²) in [5, 5.41) is 27.9. The molecule has 0 spiro atoms. The summed E-state index contributed by atoms with van der Waals surface area (Å²) in [7, 11) is 0. The number of aliphatic carboxylic acids is 3. The normalized spacial score (nSPS) is 18.8. The van der Waals surface area contributed by atoms with E-state index < -0.39 is 17.9 Å². The molecule has 14 heteroatoms. The van der Waals surface area contributed by atoms with E-state index >= 15 is 0 Å². The number of carboxylic acid groups (broad SMARTS) is 3. The number of hydrogen-bond donors (Lipinski definition) is 3. The first-order valence-electron chi connectivity index (χ1n) is 12.1. The molecule has 0 saturated carbocycles. The molecule has 1 aromatic carbocycles. The van der Waals surface area contributed by atoms with E-state index in [1.807, 2.05) is 4.90 Å². The van der Waals surface area contributed by atoms with Crippen molar-refractivity contribution in [3.63, 3.8) is 0 Å². The summed E-state index contributed by atoms with van der Waals surface area (Å²) < 4.78 is 0. The fraction of sp³-hybridized carbons (Fsp3) is 0.542. The average molecular weight is 630 g/mol. The average Bonchev–Trinajstić information content (AvgIpc) is 3.07. The van der Waals surface area contributed by atoms with Gasteiger partial charge in [0, 0.05) is 91.3 Å². The number of nitrogens with zero attached hydrogens (tertiary/aromatic N) is 5. The Morgan fingerprint density at radius 2 is 0.895 bits per heavy atom. The molecule has 2 heterocycles. The van der Waals surface area contributed by atoms with Crippen LogP contribution in [0.2, 0.25) is 0 Å². The molecule has 2 aliphatic heterocycles. The summed E-state index contributed by atoms with van der Waals surface area (Å²) in [5.41, 5.74) is 0.736. The summed E-state index contributed by atoms with van der Waals surface area (Å²) >= 11 is 0. The Labute approximate surface area is 239 Å². The number of benzene rings is 1. The number of rotatable bonds is 9. The summed E-state index contributed by atoms with van der Waals surface area (Å²) in [4.78, 5) is 67.9. The van der Waals surface area contributed by atoms with Crippen molar-refractivity contribution in [2.24, 2.45) is 0 Å². The summed E-state index contributed by atoms with van der Waals surface area (Å²) in [6, 6.07) is 6.64. The summed E-state index contributed by atoms with van der Waals surface area (Å²) in [6.07, 6.45) is 0. The van der Waals surface area contributed by atoms with Crippen LogP contribution in [0.15, 0.2) is 24.3 Å². The molecule has 0 aromatic heterocycles. The van der Waals surface area contributed by atoms with Gasteiger partial charge in [0.15, 0.2) is 0 Å². The summed E-state index contributed by atoms with van der Waals surface area (Å²) in [6.45, 7) is 2.72. The molecule has 0 bridgehead atoms. The van der Waals surface area contributed by atoms with Crippen molar-refractivity contribution in [3.8, 4) is 0 Å². The SMILES string of the molecule is O=C(O)CN1CCN(CCN2C(=O)c3ccccc3C2=O)CCN(CC(=O)O)CCN(CC(=O)O)CC1.[111In]. The molecule has 2 amide bonds. The second-order valence-corrected chi connectivity index (χ2v) is 9.16. The van der Waals surface area contributed by atoms with E-state index in [-0.39, 0.29) is 63.8 Å². The smallest absolute Gasteiger partial charge is 0.317 e. The van der Waals surface area contributed by atoms with Crippen LogP contribution in [0.4, 0.5) is 0 Å². The Morgan fingerprint density at radius 3 is 1.21 bits per heavy atom. The fourth-order valence-corrected chi connectivity index (χ4v) is 4.53. The first-order valence-corrected chi connectivity index (χ1v) is 12.1. The first kappa shape index (κ1) is 31.7. The van der Waals surface area contributed by atoms with E-state index in [0.29, 0.717) is 70.0 Å². The second-order valence-electron chi connectivity index (χ2n) is 9.16. The predicted octanol–water partition coefficient (Wildman–Crippen LogP) is -1.62. The number of amides is 2. The van der Waals surface area contributed by atoms with E-state index in [1.54, 1.807) is 39.0 Å². The third kappa shape index (κ3) is 9.34. The minimum Gasteiger partial charge on any atom is -0.480 e. The fourth-order valence-electron chi connectivity index (χ4n) is 4.53. The van der Waals surface area contributed by atoms with Crippen LogP contribution in [0.3, 0.4) is 0 Å². The molecule has 0 aliphatic carbocycles. The number of fused-ring (bicyclic) bond motifs is 1. The maximum atomic E-state index is 12.7. The van der Waals surface area contributed by atoms with Crippen LogP contribution in [0, 0.1) is 0 Å². The van der Waals surface area contributed by atoms with Gasteiger partial charge in [-0.1, -0.05) is 12.1 Å². The van der Waals surface area contributed by atoms with E-state index in [1.165, 1.54) is 4.90 Å². The molecule has 3 radical (unpaired) electrons. The zero-order valence-electron chi connectivity index (χ0n) is 21.2. The van der Waals surface area contributed by atoms with Crippen molar-refractivity contribution < 1.29 is 39.3 Å². The van der Waals surface area contributed by atoms with Gasteiger partial charge in [0.25, 0.3) is 11.8 Å². The molecule has 1 aromatic rings. The van der Waals surface area contributed by atoms with Gasteiger partial charge in [-0.3, -0.25) is 48.5 Å². The standard InChI is InChI=1S/C24H33N5O8.In/c30-20(31)15-26-7-5-25(13-14-29-23(36)18-3-1-2-4-19(18)24(29)37)6-8-27(16-21(32)33)10-12-28(11-9-26)17-22(34)35;/h1-4H,5-17H2,(H,30,31)(H,32,33)(H,34,35);/i;1-4. The van der Waals surface area contributed by atoms with Crippen molar-refractivity contribution >= 4 is 55.6 Å². The van der Waals surface area contributed by atoms with Crippen molar-refractivity contribution in [2.45, 2.75) is 0 Å². The van der Waals surface area contributed by atoms with Crippen LogP contribution in [-0.2, 0) is 14.4 Å². The Kier molecular flexibility index (Phi) is 12.7. The molecule has 13 nitrogen and oxygen atoms in total. The van der Waals surface area contributed by atoms with Crippen LogP contribution in [0.1, 0.15) is 20.7 Å². The topological polar surface area (TPSA) is 162 Å². The van der Waals surface area contributed by atoms with Gasteiger partial charge in [0.05, 0.1) is 30.8 Å². The molecule has 3 N–H and O–H groups in total. The van der Waals surface area contributed by atoms with E-state index in [9.17, 15) is 39.3 Å². The van der Waals surface area contributed by atoms with Crippen molar-refractivity contribution in [1.82, 2.24) is 24.5 Å². The minimum absolute atomic E-state index is 0. The molecule has 0 atom stereocenters. The maximum Gasteiger partial charge on any atom is 0.317 e.